The third kappa shape index (κ3) is 2.85. The Morgan fingerprint density at radius 1 is 0.969 bits per heavy atom. The Labute approximate surface area is 189 Å². The molecule has 2 aliphatic carbocycles. The quantitative estimate of drug-likeness (QED) is 0.358. The summed E-state index contributed by atoms with van der Waals surface area (Å²) < 4.78 is 4.82. The van der Waals surface area contributed by atoms with Gasteiger partial charge in [0.25, 0.3) is 0 Å². The largest absolute Gasteiger partial charge is 0.350 e. The average Bonchev–Trinajstić information content (AvgIpc) is 3.47. The lowest BCUT2D eigenvalue weighted by atomic mass is 10.0. The van der Waals surface area contributed by atoms with Crippen LogP contribution < -0.4 is 5.32 Å². The van der Waals surface area contributed by atoms with E-state index in [9.17, 15) is 0 Å². The van der Waals surface area contributed by atoms with Crippen molar-refractivity contribution in [3.05, 3.63) is 72.0 Å². The maximum atomic E-state index is 5.24. The normalized spacial score (nSPS) is 17.0. The van der Waals surface area contributed by atoms with Gasteiger partial charge in [-0.05, 0) is 64.7 Å². The van der Waals surface area contributed by atoms with E-state index in [0.717, 1.165) is 37.1 Å². The summed E-state index contributed by atoms with van der Waals surface area (Å²) >= 11 is 0. The van der Waals surface area contributed by atoms with Gasteiger partial charge in [-0.2, -0.15) is 0 Å². The molecule has 162 valence electrons. The molecule has 0 unspecified atom stereocenters. The van der Waals surface area contributed by atoms with Crippen LogP contribution in [0, 0.1) is 0 Å². The highest BCUT2D eigenvalue weighted by atomic mass is 15.2. The predicted octanol–water partition coefficient (Wildman–Crippen LogP) is 7.04. The zero-order valence-corrected chi connectivity index (χ0v) is 19.1. The van der Waals surface area contributed by atoms with E-state index in [1.54, 1.807) is 0 Å². The van der Waals surface area contributed by atoms with E-state index in [0.29, 0.717) is 6.04 Å². The Bertz CT molecular complexity index is 1390. The molecular formula is C28H30N4. The van der Waals surface area contributed by atoms with Crippen molar-refractivity contribution in [3.63, 3.8) is 0 Å². The molecule has 0 fully saturated rings. The molecule has 0 spiro atoms. The number of hydrogen-bond acceptors (Lipinski definition) is 2. The monoisotopic (exact) mass is 422 g/mol. The molecular weight excluding hydrogens is 392 g/mol. The summed E-state index contributed by atoms with van der Waals surface area (Å²) in [4.78, 5) is 5.24. The molecule has 4 nitrogen and oxygen atoms in total. The Kier molecular flexibility index (Phi) is 4.32. The maximum Gasteiger partial charge on any atom is 0.204 e. The van der Waals surface area contributed by atoms with Gasteiger partial charge in [-0.1, -0.05) is 48.6 Å². The number of benzene rings is 2. The van der Waals surface area contributed by atoms with Crippen molar-refractivity contribution in [3.8, 4) is 5.69 Å². The highest BCUT2D eigenvalue weighted by Crippen LogP contribution is 2.38. The number of nitrogens with one attached hydrogen (secondary N) is 1. The first kappa shape index (κ1) is 19.4. The number of para-hydroxylation sites is 2. The van der Waals surface area contributed by atoms with Crippen molar-refractivity contribution < 1.29 is 0 Å². The fourth-order valence-corrected chi connectivity index (χ4v) is 5.48. The van der Waals surface area contributed by atoms with Crippen LogP contribution in [0.5, 0.6) is 0 Å². The minimum atomic E-state index is 0.0261. The molecule has 0 saturated heterocycles. The SMILES string of the molecule is CC(C)n1c(NC2(C)CC=CC2)nc2c(-n3c4c(c5ccccc53)C=CCC4)cccc21. The molecule has 4 aromatic rings. The van der Waals surface area contributed by atoms with Crippen molar-refractivity contribution in [2.45, 2.75) is 58.0 Å². The van der Waals surface area contributed by atoms with Crippen LogP contribution in [-0.2, 0) is 6.42 Å². The van der Waals surface area contributed by atoms with Gasteiger partial charge in [-0.3, -0.25) is 0 Å². The third-order valence-corrected chi connectivity index (χ3v) is 7.02. The fourth-order valence-electron chi connectivity index (χ4n) is 5.48. The van der Waals surface area contributed by atoms with Crippen LogP contribution in [0.4, 0.5) is 5.95 Å². The number of nitrogens with zero attached hydrogens (tertiary/aromatic N) is 3. The number of allylic oxidation sites excluding steroid dienone is 1. The summed E-state index contributed by atoms with van der Waals surface area (Å²) in [5.41, 5.74) is 7.46. The Morgan fingerprint density at radius 2 is 1.75 bits per heavy atom. The van der Waals surface area contributed by atoms with Gasteiger partial charge < -0.3 is 14.5 Å². The minimum absolute atomic E-state index is 0.0261. The van der Waals surface area contributed by atoms with Crippen molar-refractivity contribution in [2.24, 2.45) is 0 Å². The average molecular weight is 423 g/mol. The zero-order valence-electron chi connectivity index (χ0n) is 19.1. The lowest BCUT2D eigenvalue weighted by Crippen LogP contribution is -2.33. The fraction of sp³-hybridized carbons (Fsp3) is 0.321. The maximum absolute atomic E-state index is 5.24. The second-order valence-corrected chi connectivity index (χ2v) is 9.76. The number of rotatable bonds is 4. The van der Waals surface area contributed by atoms with Gasteiger partial charge in [-0.15, -0.1) is 0 Å². The summed E-state index contributed by atoms with van der Waals surface area (Å²) in [5.74, 6) is 0.971. The van der Waals surface area contributed by atoms with E-state index in [1.807, 2.05) is 0 Å². The van der Waals surface area contributed by atoms with Crippen molar-refractivity contribution in [1.29, 1.82) is 0 Å². The summed E-state index contributed by atoms with van der Waals surface area (Å²) in [6, 6.07) is 15.7. The van der Waals surface area contributed by atoms with Crippen LogP contribution in [0.2, 0.25) is 0 Å². The molecule has 0 amide bonds. The van der Waals surface area contributed by atoms with E-state index >= 15 is 0 Å². The Balaban J connectivity index is 1.61. The smallest absolute Gasteiger partial charge is 0.204 e. The van der Waals surface area contributed by atoms with Gasteiger partial charge in [0.15, 0.2) is 0 Å². The molecule has 2 aromatic heterocycles. The van der Waals surface area contributed by atoms with Crippen LogP contribution in [-0.4, -0.2) is 19.7 Å². The van der Waals surface area contributed by atoms with Gasteiger partial charge in [0.05, 0.1) is 16.7 Å². The molecule has 0 aliphatic heterocycles. The molecule has 4 heteroatoms. The predicted molar refractivity (Wildman–Crippen MR) is 135 cm³/mol. The molecule has 0 radical (unpaired) electrons. The second kappa shape index (κ2) is 7.13. The second-order valence-electron chi connectivity index (χ2n) is 9.76. The van der Waals surface area contributed by atoms with Gasteiger partial charge >= 0.3 is 0 Å². The van der Waals surface area contributed by atoms with Crippen LogP contribution in [0.1, 0.15) is 57.3 Å². The van der Waals surface area contributed by atoms with E-state index in [2.05, 4.69) is 102 Å². The van der Waals surface area contributed by atoms with Gasteiger partial charge in [0.2, 0.25) is 5.95 Å². The standard InChI is InChI=1S/C28H30N4/c1-19(2)31-24-15-10-16-25(26(24)29-27(31)30-28(3)17-8-9-18-28)32-22-13-6-4-11-20(22)21-12-5-7-14-23(21)32/h4-6,8-13,15-16,19H,7,14,17-18H2,1-3H3,(H,29,30). The summed E-state index contributed by atoms with van der Waals surface area (Å²) in [6.07, 6.45) is 13.3. The lowest BCUT2D eigenvalue weighted by molar-refractivity contribution is 0.532. The van der Waals surface area contributed by atoms with Gasteiger partial charge in [0.1, 0.15) is 5.52 Å². The topological polar surface area (TPSA) is 34.8 Å². The summed E-state index contributed by atoms with van der Waals surface area (Å²) in [6.45, 7) is 6.78. The molecule has 2 heterocycles. The van der Waals surface area contributed by atoms with E-state index in [4.69, 9.17) is 4.98 Å². The first-order valence-electron chi connectivity index (χ1n) is 11.8. The number of hydrogen-bond donors (Lipinski definition) is 1. The number of imidazole rings is 1. The molecule has 1 N–H and O–H groups in total. The zero-order chi connectivity index (χ0) is 21.9. The lowest BCUT2D eigenvalue weighted by Gasteiger charge is -2.27. The highest BCUT2D eigenvalue weighted by Gasteiger charge is 2.29. The molecule has 0 saturated carbocycles. The molecule has 6 rings (SSSR count). The first-order chi connectivity index (χ1) is 15.6. The number of aromatic nitrogens is 3. The van der Waals surface area contributed by atoms with Crippen LogP contribution >= 0.6 is 0 Å². The van der Waals surface area contributed by atoms with Crippen LogP contribution in [0.25, 0.3) is 33.7 Å². The Morgan fingerprint density at radius 3 is 2.56 bits per heavy atom. The Hall–Kier alpha value is -3.27. The molecule has 32 heavy (non-hydrogen) atoms. The van der Waals surface area contributed by atoms with Crippen molar-refractivity contribution >= 4 is 34.0 Å². The number of fused-ring (bicyclic) bond motifs is 4. The van der Waals surface area contributed by atoms with Crippen molar-refractivity contribution in [1.82, 2.24) is 14.1 Å². The number of anilines is 1. The van der Waals surface area contributed by atoms with Crippen LogP contribution in [0.15, 0.2) is 60.7 Å². The highest BCUT2D eigenvalue weighted by molar-refractivity contribution is 5.96. The molecule has 0 atom stereocenters. The van der Waals surface area contributed by atoms with Gasteiger partial charge in [-0.25, -0.2) is 4.98 Å². The summed E-state index contributed by atoms with van der Waals surface area (Å²) in [5, 5.41) is 5.12. The first-order valence-corrected chi connectivity index (χ1v) is 11.8. The molecule has 0 bridgehead atoms. The molecule has 2 aromatic carbocycles. The van der Waals surface area contributed by atoms with Crippen LogP contribution in [0.3, 0.4) is 0 Å². The van der Waals surface area contributed by atoms with Crippen molar-refractivity contribution in [2.75, 3.05) is 5.32 Å². The summed E-state index contributed by atoms with van der Waals surface area (Å²) in [7, 11) is 0. The van der Waals surface area contributed by atoms with E-state index in [-0.39, 0.29) is 5.54 Å². The third-order valence-electron chi connectivity index (χ3n) is 7.02. The molecule has 2 aliphatic rings. The van der Waals surface area contributed by atoms with E-state index in [1.165, 1.54) is 33.4 Å². The minimum Gasteiger partial charge on any atom is -0.350 e. The van der Waals surface area contributed by atoms with Gasteiger partial charge in [0, 0.05) is 28.2 Å². The van der Waals surface area contributed by atoms with E-state index < -0.39 is 0 Å².